The summed E-state index contributed by atoms with van der Waals surface area (Å²) in [5.74, 6) is 0. The lowest BCUT2D eigenvalue weighted by Gasteiger charge is -2.21. The molecule has 0 bridgehead atoms. The number of anilines is 1. The highest BCUT2D eigenvalue weighted by molar-refractivity contribution is 8.00. The van der Waals surface area contributed by atoms with E-state index in [-0.39, 0.29) is 0 Å². The van der Waals surface area contributed by atoms with E-state index in [9.17, 15) is 0 Å². The second-order valence-corrected chi connectivity index (χ2v) is 6.21. The Morgan fingerprint density at radius 3 is 2.71 bits per heavy atom. The van der Waals surface area contributed by atoms with Gasteiger partial charge in [-0.25, -0.2) is 0 Å². The molecule has 0 unspecified atom stereocenters. The Balaban J connectivity index is 2.08. The molecule has 0 amide bonds. The van der Waals surface area contributed by atoms with Crippen LogP contribution in [0.2, 0.25) is 0 Å². The molecule has 1 fully saturated rings. The highest BCUT2D eigenvalue weighted by Crippen LogP contribution is 2.37. The van der Waals surface area contributed by atoms with Crippen LogP contribution in [-0.4, -0.2) is 15.0 Å². The van der Waals surface area contributed by atoms with Gasteiger partial charge in [-0.15, -0.1) is 11.8 Å². The van der Waals surface area contributed by atoms with Gasteiger partial charge in [0.2, 0.25) is 0 Å². The fourth-order valence-corrected chi connectivity index (χ4v) is 3.80. The van der Waals surface area contributed by atoms with Crippen molar-refractivity contribution in [3.05, 3.63) is 5.69 Å². The van der Waals surface area contributed by atoms with Gasteiger partial charge in [-0.2, -0.15) is 5.10 Å². The van der Waals surface area contributed by atoms with Gasteiger partial charge < -0.3 is 5.73 Å². The molecule has 1 aromatic heterocycles. The van der Waals surface area contributed by atoms with Crippen molar-refractivity contribution >= 4 is 17.4 Å². The number of thioether (sulfide) groups is 1. The zero-order valence-corrected chi connectivity index (χ0v) is 11.7. The van der Waals surface area contributed by atoms with Crippen LogP contribution in [0.3, 0.4) is 0 Å². The molecular formula is C13H23N3S. The molecule has 1 heterocycles. The largest absolute Gasteiger partial charge is 0.395 e. The van der Waals surface area contributed by atoms with Crippen molar-refractivity contribution in [3.63, 3.8) is 0 Å². The van der Waals surface area contributed by atoms with Gasteiger partial charge >= 0.3 is 0 Å². The van der Waals surface area contributed by atoms with Crippen LogP contribution >= 0.6 is 11.8 Å². The molecule has 0 atom stereocenters. The summed E-state index contributed by atoms with van der Waals surface area (Å²) in [6, 6.07) is 0. The topological polar surface area (TPSA) is 43.8 Å². The third-order valence-corrected chi connectivity index (χ3v) is 4.94. The second-order valence-electron chi connectivity index (χ2n) is 4.92. The smallest absolute Gasteiger partial charge is 0.117 e. The zero-order valence-electron chi connectivity index (χ0n) is 10.9. The van der Waals surface area contributed by atoms with Crippen molar-refractivity contribution in [2.24, 2.45) is 7.05 Å². The monoisotopic (exact) mass is 253 g/mol. The molecule has 1 aliphatic rings. The van der Waals surface area contributed by atoms with Crippen molar-refractivity contribution in [2.75, 3.05) is 5.73 Å². The summed E-state index contributed by atoms with van der Waals surface area (Å²) in [6.45, 7) is 2.17. The van der Waals surface area contributed by atoms with E-state index in [1.54, 1.807) is 0 Å². The Hall–Kier alpha value is -0.640. The average molecular weight is 253 g/mol. The number of aromatic nitrogens is 2. The molecule has 1 aliphatic carbocycles. The molecule has 2 rings (SSSR count). The Morgan fingerprint density at radius 1 is 1.35 bits per heavy atom. The Morgan fingerprint density at radius 2 is 2.06 bits per heavy atom. The Bertz CT molecular complexity index is 367. The molecule has 2 N–H and O–H groups in total. The van der Waals surface area contributed by atoms with Crippen LogP contribution in [0.5, 0.6) is 0 Å². The summed E-state index contributed by atoms with van der Waals surface area (Å²) in [6.07, 6.45) is 8.91. The number of nitrogens with zero attached hydrogens (tertiary/aromatic N) is 2. The molecule has 0 radical (unpaired) electrons. The van der Waals surface area contributed by atoms with Gasteiger partial charge in [-0.3, -0.25) is 4.68 Å². The first-order chi connectivity index (χ1) is 8.22. The maximum absolute atomic E-state index is 6.20. The van der Waals surface area contributed by atoms with Crippen LogP contribution in [0, 0.1) is 0 Å². The standard InChI is InChI=1S/C13H23N3S/c1-3-7-11-12(14)13(16(2)15-11)17-10-8-5-4-6-9-10/h10H,3-9,14H2,1-2H3. The summed E-state index contributed by atoms with van der Waals surface area (Å²) in [7, 11) is 2.01. The number of nitrogen functional groups attached to an aromatic ring is 1. The molecule has 1 aromatic rings. The molecule has 3 nitrogen and oxygen atoms in total. The number of aryl methyl sites for hydroxylation is 2. The van der Waals surface area contributed by atoms with E-state index in [1.807, 2.05) is 23.5 Å². The molecule has 0 aliphatic heterocycles. The Labute approximate surface area is 108 Å². The second kappa shape index (κ2) is 5.80. The summed E-state index contributed by atoms with van der Waals surface area (Å²) in [4.78, 5) is 0. The van der Waals surface area contributed by atoms with Gasteiger partial charge in [0, 0.05) is 12.3 Å². The van der Waals surface area contributed by atoms with Crippen LogP contribution in [0.4, 0.5) is 5.69 Å². The third-order valence-electron chi connectivity index (χ3n) is 3.42. The highest BCUT2D eigenvalue weighted by Gasteiger charge is 2.20. The SMILES string of the molecule is CCCc1nn(C)c(SC2CCCCC2)c1N. The lowest BCUT2D eigenvalue weighted by atomic mass is 10.0. The number of hydrogen-bond donors (Lipinski definition) is 1. The van der Waals surface area contributed by atoms with Crippen LogP contribution in [0.15, 0.2) is 5.03 Å². The Kier molecular flexibility index (Phi) is 4.37. The molecule has 1 saturated carbocycles. The van der Waals surface area contributed by atoms with Crippen molar-refractivity contribution < 1.29 is 0 Å². The normalized spacial score (nSPS) is 17.5. The predicted molar refractivity (Wildman–Crippen MR) is 74.3 cm³/mol. The number of rotatable bonds is 4. The van der Waals surface area contributed by atoms with Gasteiger partial charge in [0.15, 0.2) is 0 Å². The molecule has 4 heteroatoms. The maximum Gasteiger partial charge on any atom is 0.117 e. The van der Waals surface area contributed by atoms with E-state index in [1.165, 1.54) is 37.1 Å². The van der Waals surface area contributed by atoms with E-state index in [4.69, 9.17) is 5.73 Å². The fourth-order valence-electron chi connectivity index (χ4n) is 2.48. The van der Waals surface area contributed by atoms with E-state index in [2.05, 4.69) is 12.0 Å². The van der Waals surface area contributed by atoms with E-state index in [0.29, 0.717) is 0 Å². The van der Waals surface area contributed by atoms with Gasteiger partial charge in [-0.1, -0.05) is 32.6 Å². The van der Waals surface area contributed by atoms with Gasteiger partial charge in [0.25, 0.3) is 0 Å². The summed E-state index contributed by atoms with van der Waals surface area (Å²) < 4.78 is 1.97. The minimum absolute atomic E-state index is 0.746. The van der Waals surface area contributed by atoms with Gasteiger partial charge in [-0.05, 0) is 19.3 Å². The first-order valence-corrected chi connectivity index (χ1v) is 7.58. The minimum Gasteiger partial charge on any atom is -0.395 e. The van der Waals surface area contributed by atoms with Gasteiger partial charge in [0.1, 0.15) is 5.03 Å². The first-order valence-electron chi connectivity index (χ1n) is 6.70. The predicted octanol–water partition coefficient (Wildman–Crippen LogP) is 3.38. The average Bonchev–Trinajstić information content (AvgIpc) is 2.59. The summed E-state index contributed by atoms with van der Waals surface area (Å²) >= 11 is 1.94. The summed E-state index contributed by atoms with van der Waals surface area (Å²) in [5.41, 5.74) is 8.20. The van der Waals surface area contributed by atoms with Crippen molar-refractivity contribution in [1.82, 2.24) is 9.78 Å². The fraction of sp³-hybridized carbons (Fsp3) is 0.769. The minimum atomic E-state index is 0.746. The van der Waals surface area contributed by atoms with E-state index in [0.717, 1.165) is 29.5 Å². The van der Waals surface area contributed by atoms with Crippen LogP contribution in [-0.2, 0) is 13.5 Å². The van der Waals surface area contributed by atoms with Crippen molar-refractivity contribution in [2.45, 2.75) is 62.1 Å². The maximum atomic E-state index is 6.20. The van der Waals surface area contributed by atoms with E-state index < -0.39 is 0 Å². The van der Waals surface area contributed by atoms with Crippen LogP contribution in [0.25, 0.3) is 0 Å². The van der Waals surface area contributed by atoms with E-state index >= 15 is 0 Å². The number of nitrogens with two attached hydrogens (primary N) is 1. The summed E-state index contributed by atoms with van der Waals surface area (Å²) in [5, 5.41) is 6.46. The lowest BCUT2D eigenvalue weighted by molar-refractivity contribution is 0.514. The molecule has 0 saturated heterocycles. The third kappa shape index (κ3) is 2.97. The molecule has 0 spiro atoms. The molecular weight excluding hydrogens is 230 g/mol. The molecule has 96 valence electrons. The van der Waals surface area contributed by atoms with Crippen LogP contribution in [0.1, 0.15) is 51.1 Å². The first kappa shape index (κ1) is 12.8. The highest BCUT2D eigenvalue weighted by atomic mass is 32.2. The molecule has 0 aromatic carbocycles. The van der Waals surface area contributed by atoms with Crippen LogP contribution < -0.4 is 5.73 Å². The zero-order chi connectivity index (χ0) is 12.3. The number of hydrogen-bond acceptors (Lipinski definition) is 3. The van der Waals surface area contributed by atoms with Crippen molar-refractivity contribution in [1.29, 1.82) is 0 Å². The molecule has 17 heavy (non-hydrogen) atoms. The lowest BCUT2D eigenvalue weighted by Crippen LogP contribution is -2.09. The van der Waals surface area contributed by atoms with Gasteiger partial charge in [0.05, 0.1) is 11.4 Å². The van der Waals surface area contributed by atoms with Crippen molar-refractivity contribution in [3.8, 4) is 0 Å². The quantitative estimate of drug-likeness (QED) is 0.894.